The van der Waals surface area contributed by atoms with Gasteiger partial charge in [0.2, 0.25) is 0 Å². The number of hydrogen-bond acceptors (Lipinski definition) is 1. The van der Waals surface area contributed by atoms with Crippen LogP contribution in [0.25, 0.3) is 0 Å². The normalized spacial score (nSPS) is 61.2. The Morgan fingerprint density at radius 3 is 1.87 bits per heavy atom. The van der Waals surface area contributed by atoms with Crippen LogP contribution in [0.5, 0.6) is 0 Å². The minimum absolute atomic E-state index is 0.182. The van der Waals surface area contributed by atoms with Crippen LogP contribution in [-0.4, -0.2) is 11.7 Å². The molecule has 2 bridgehead atoms. The first-order valence-corrected chi connectivity index (χ1v) is 13.9. The average molecular weight is 427 g/mol. The summed E-state index contributed by atoms with van der Waals surface area (Å²) < 4.78 is 7.17. The van der Waals surface area contributed by atoms with Crippen LogP contribution in [0.3, 0.4) is 0 Å². The topological polar surface area (TPSA) is 9.23 Å². The van der Waals surface area contributed by atoms with Crippen molar-refractivity contribution in [3.63, 3.8) is 0 Å². The molecule has 4 saturated carbocycles. The lowest BCUT2D eigenvalue weighted by Crippen LogP contribution is -2.70. The molecule has 0 radical (unpaired) electrons. The van der Waals surface area contributed by atoms with Gasteiger partial charge in [0.1, 0.15) is 0 Å². The fourth-order valence-corrected chi connectivity index (χ4v) is 11.9. The summed E-state index contributed by atoms with van der Waals surface area (Å²) in [4.78, 5) is 0. The van der Waals surface area contributed by atoms with E-state index in [1.165, 1.54) is 70.6 Å². The summed E-state index contributed by atoms with van der Waals surface area (Å²) in [7, 11) is 0. The largest absolute Gasteiger partial charge is 0.370 e. The van der Waals surface area contributed by atoms with Crippen LogP contribution in [-0.2, 0) is 4.74 Å². The first-order chi connectivity index (χ1) is 14.2. The molecule has 6 aliphatic rings. The lowest BCUT2D eigenvalue weighted by atomic mass is 9.30. The molecule has 0 N–H and O–H groups in total. The van der Waals surface area contributed by atoms with Crippen molar-refractivity contribution in [2.24, 2.45) is 50.2 Å². The van der Waals surface area contributed by atoms with Gasteiger partial charge in [-0.15, -0.1) is 0 Å². The van der Waals surface area contributed by atoms with Crippen LogP contribution < -0.4 is 0 Å². The van der Waals surface area contributed by atoms with Crippen molar-refractivity contribution in [1.29, 1.82) is 0 Å². The second-order valence-electron chi connectivity index (χ2n) is 15.9. The minimum Gasteiger partial charge on any atom is -0.370 e. The highest BCUT2D eigenvalue weighted by atomic mass is 16.5. The van der Waals surface area contributed by atoms with Gasteiger partial charge in [0.15, 0.2) is 0 Å². The maximum Gasteiger partial charge on any atom is 0.0777 e. The zero-order valence-electron chi connectivity index (χ0n) is 22.0. The molecule has 6 rings (SSSR count). The SMILES string of the molecule is CC1(C)CC[C@]2(C)CC[C@@]3(C)[C@H]4CC[C@H]5C(C)(C)[C@@H]6CC[C@]5(O6)[C@@]4(C)CC[C@@]3(C)[C@H]2C1. The Bertz CT molecular complexity index is 796. The molecule has 0 aromatic carbocycles. The molecular weight excluding hydrogens is 376 g/mol. The Labute approximate surface area is 192 Å². The third-order valence-corrected chi connectivity index (χ3v) is 14.1. The highest BCUT2D eigenvalue weighted by Crippen LogP contribution is 2.80. The quantitative estimate of drug-likeness (QED) is 0.378. The van der Waals surface area contributed by atoms with E-state index in [1.807, 2.05) is 0 Å². The molecule has 2 aliphatic heterocycles. The van der Waals surface area contributed by atoms with Crippen LogP contribution in [0, 0.1) is 50.2 Å². The summed E-state index contributed by atoms with van der Waals surface area (Å²) in [5.41, 5.74) is 3.03. The maximum absolute atomic E-state index is 7.17. The van der Waals surface area contributed by atoms with E-state index in [0.29, 0.717) is 38.6 Å². The smallest absolute Gasteiger partial charge is 0.0777 e. The summed E-state index contributed by atoms with van der Waals surface area (Å²) in [6.07, 6.45) is 16.2. The number of ether oxygens (including phenoxy) is 1. The lowest BCUT2D eigenvalue weighted by Gasteiger charge is -2.74. The summed E-state index contributed by atoms with van der Waals surface area (Å²) in [5.74, 6) is 2.53. The monoisotopic (exact) mass is 426 g/mol. The predicted octanol–water partition coefficient (Wildman–Crippen LogP) is 8.41. The molecule has 1 heteroatoms. The first-order valence-electron chi connectivity index (χ1n) is 13.9. The van der Waals surface area contributed by atoms with Crippen molar-refractivity contribution in [2.75, 3.05) is 0 Å². The van der Waals surface area contributed by atoms with E-state index < -0.39 is 0 Å². The Morgan fingerprint density at radius 2 is 1.13 bits per heavy atom. The van der Waals surface area contributed by atoms with Gasteiger partial charge >= 0.3 is 0 Å². The van der Waals surface area contributed by atoms with Crippen LogP contribution in [0.2, 0.25) is 0 Å². The second-order valence-corrected chi connectivity index (χ2v) is 15.9. The minimum atomic E-state index is 0.182. The van der Waals surface area contributed by atoms with Crippen molar-refractivity contribution in [1.82, 2.24) is 0 Å². The highest BCUT2D eigenvalue weighted by Gasteiger charge is 2.77. The Kier molecular flexibility index (Phi) is 4.00. The molecular formula is C30H50O. The summed E-state index contributed by atoms with van der Waals surface area (Å²) in [6, 6.07) is 0. The molecule has 9 atom stereocenters. The summed E-state index contributed by atoms with van der Waals surface area (Å²) >= 11 is 0. The van der Waals surface area contributed by atoms with E-state index in [9.17, 15) is 0 Å². The van der Waals surface area contributed by atoms with Crippen molar-refractivity contribution < 1.29 is 4.74 Å². The van der Waals surface area contributed by atoms with Crippen LogP contribution >= 0.6 is 0 Å². The maximum atomic E-state index is 7.17. The third kappa shape index (κ3) is 2.25. The molecule has 176 valence electrons. The van der Waals surface area contributed by atoms with Crippen molar-refractivity contribution >= 4 is 0 Å². The zero-order chi connectivity index (χ0) is 22.3. The van der Waals surface area contributed by atoms with Crippen LogP contribution in [0.4, 0.5) is 0 Å². The van der Waals surface area contributed by atoms with Gasteiger partial charge in [0, 0.05) is 5.41 Å². The fourth-order valence-electron chi connectivity index (χ4n) is 11.9. The standard InChI is InChI=1S/C30H50O/c1-24(2)13-14-26(5)15-16-27(6)21-10-9-20-25(3,4)23-11-12-30(20,31-23)29(21,8)18-17-28(27,7)22(26)19-24/h20-23H,9-19H2,1-8H3/t20-,21+,22-,23-,26+,27-,28-,29-,30+/m0/s1. The van der Waals surface area contributed by atoms with E-state index in [2.05, 4.69) is 55.4 Å². The molecule has 0 unspecified atom stereocenters. The fraction of sp³-hybridized carbons (Fsp3) is 1.00. The molecule has 4 aliphatic carbocycles. The van der Waals surface area contributed by atoms with E-state index in [4.69, 9.17) is 4.74 Å². The lowest BCUT2D eigenvalue weighted by molar-refractivity contribution is -0.273. The summed E-state index contributed by atoms with van der Waals surface area (Å²) in [5, 5.41) is 0. The van der Waals surface area contributed by atoms with E-state index in [0.717, 1.165) is 17.8 Å². The predicted molar refractivity (Wildman–Crippen MR) is 129 cm³/mol. The molecule has 6 fully saturated rings. The van der Waals surface area contributed by atoms with E-state index >= 15 is 0 Å². The molecule has 2 heterocycles. The van der Waals surface area contributed by atoms with Gasteiger partial charge in [-0.3, -0.25) is 0 Å². The Morgan fingerprint density at radius 1 is 0.548 bits per heavy atom. The van der Waals surface area contributed by atoms with E-state index in [-0.39, 0.29) is 5.60 Å². The Balaban J connectivity index is 1.43. The van der Waals surface area contributed by atoms with Crippen LogP contribution in [0.15, 0.2) is 0 Å². The molecule has 0 aromatic rings. The van der Waals surface area contributed by atoms with Gasteiger partial charge < -0.3 is 4.74 Å². The molecule has 1 spiro atoms. The molecule has 31 heavy (non-hydrogen) atoms. The zero-order valence-corrected chi connectivity index (χ0v) is 22.0. The molecule has 2 saturated heterocycles. The molecule has 0 amide bonds. The first kappa shape index (κ1) is 21.5. The molecule has 1 nitrogen and oxygen atoms in total. The number of rotatable bonds is 0. The van der Waals surface area contributed by atoms with Crippen LogP contribution in [0.1, 0.15) is 126 Å². The van der Waals surface area contributed by atoms with Crippen molar-refractivity contribution in [3.8, 4) is 0 Å². The Hall–Kier alpha value is -0.0400. The number of fused-ring (bicyclic) bond motifs is 6. The van der Waals surface area contributed by atoms with Gasteiger partial charge in [0.25, 0.3) is 0 Å². The van der Waals surface area contributed by atoms with E-state index in [1.54, 1.807) is 0 Å². The van der Waals surface area contributed by atoms with Gasteiger partial charge in [-0.25, -0.2) is 0 Å². The third-order valence-electron chi connectivity index (χ3n) is 14.1. The highest BCUT2D eigenvalue weighted by molar-refractivity contribution is 5.26. The number of hydrogen-bond donors (Lipinski definition) is 0. The van der Waals surface area contributed by atoms with Gasteiger partial charge in [-0.1, -0.05) is 55.4 Å². The van der Waals surface area contributed by atoms with Gasteiger partial charge in [-0.05, 0) is 115 Å². The van der Waals surface area contributed by atoms with Crippen molar-refractivity contribution in [3.05, 3.63) is 0 Å². The van der Waals surface area contributed by atoms with Crippen molar-refractivity contribution in [2.45, 2.75) is 138 Å². The average Bonchev–Trinajstić information content (AvgIpc) is 3.22. The second kappa shape index (κ2) is 5.78. The summed E-state index contributed by atoms with van der Waals surface area (Å²) in [6.45, 7) is 21.2. The van der Waals surface area contributed by atoms with Gasteiger partial charge in [0.05, 0.1) is 11.7 Å². The van der Waals surface area contributed by atoms with Gasteiger partial charge in [-0.2, -0.15) is 0 Å². The molecule has 0 aromatic heterocycles.